The smallest absolute Gasteiger partial charge is 0.131 e. The molecule has 3 aromatic rings. The lowest BCUT2D eigenvalue weighted by Gasteiger charge is -2.16. The lowest BCUT2D eigenvalue weighted by atomic mass is 10.2. The van der Waals surface area contributed by atoms with Gasteiger partial charge in [-0.25, -0.2) is 5.01 Å². The monoisotopic (exact) mass is 420 g/mol. The first-order chi connectivity index (χ1) is 13.8. The third-order valence-corrected chi connectivity index (χ3v) is 8.22. The molecule has 0 aromatic heterocycles. The van der Waals surface area contributed by atoms with Gasteiger partial charge in [-0.05, 0) is 60.3 Å². The average molecular weight is 421 g/mol. The fraction of sp³-hybridized carbons (Fsp3) is 0.0455. The molecule has 0 N–H and O–H groups in total. The number of thioether (sulfide) groups is 3. The van der Waals surface area contributed by atoms with Crippen molar-refractivity contribution in [2.24, 2.45) is 5.10 Å². The molecule has 5 rings (SSSR count). The maximum absolute atomic E-state index is 5.29. The molecule has 0 atom stereocenters. The molecule has 3 nitrogen and oxygen atoms in total. The molecule has 0 amide bonds. The minimum atomic E-state index is 0.850. The molecule has 2 aliphatic rings. The molecule has 2 heterocycles. The summed E-state index contributed by atoms with van der Waals surface area (Å²) in [4.78, 5) is 2.61. The highest BCUT2D eigenvalue weighted by atomic mass is 32.2. The second kappa shape index (κ2) is 7.62. The van der Waals surface area contributed by atoms with Gasteiger partial charge in [-0.15, -0.1) is 0 Å². The van der Waals surface area contributed by atoms with Crippen molar-refractivity contribution in [2.45, 2.75) is 9.79 Å². The second-order valence-electron chi connectivity index (χ2n) is 6.13. The third kappa shape index (κ3) is 3.32. The van der Waals surface area contributed by atoms with Crippen molar-refractivity contribution in [3.8, 4) is 5.75 Å². The van der Waals surface area contributed by atoms with Crippen LogP contribution in [0.3, 0.4) is 0 Å². The first-order valence-electron chi connectivity index (χ1n) is 8.77. The lowest BCUT2D eigenvalue weighted by molar-refractivity contribution is 0.415. The number of fused-ring (bicyclic) bond motifs is 1. The first-order valence-corrected chi connectivity index (χ1v) is 11.2. The summed E-state index contributed by atoms with van der Waals surface area (Å²) in [5, 5.41) is 9.17. The van der Waals surface area contributed by atoms with Crippen molar-refractivity contribution in [1.82, 2.24) is 0 Å². The van der Waals surface area contributed by atoms with Crippen molar-refractivity contribution in [3.05, 3.63) is 93.7 Å². The molecule has 3 aromatic carbocycles. The van der Waals surface area contributed by atoms with E-state index in [0.29, 0.717) is 0 Å². The molecule has 0 aliphatic carbocycles. The van der Waals surface area contributed by atoms with E-state index < -0.39 is 0 Å². The topological polar surface area (TPSA) is 24.8 Å². The number of benzene rings is 3. The van der Waals surface area contributed by atoms with Crippen molar-refractivity contribution in [3.63, 3.8) is 0 Å². The first kappa shape index (κ1) is 17.8. The van der Waals surface area contributed by atoms with Crippen LogP contribution in [-0.2, 0) is 0 Å². The van der Waals surface area contributed by atoms with E-state index in [1.54, 1.807) is 18.9 Å². The van der Waals surface area contributed by atoms with Crippen LogP contribution in [0.5, 0.6) is 5.75 Å². The van der Waals surface area contributed by atoms with Gasteiger partial charge in [-0.2, -0.15) is 5.10 Å². The second-order valence-corrected chi connectivity index (χ2v) is 9.47. The summed E-state index contributed by atoms with van der Waals surface area (Å²) in [5.74, 6) is 0.850. The van der Waals surface area contributed by atoms with E-state index in [9.17, 15) is 0 Å². The van der Waals surface area contributed by atoms with Crippen LogP contribution < -0.4 is 9.75 Å². The van der Waals surface area contributed by atoms with E-state index in [2.05, 4.69) is 53.5 Å². The van der Waals surface area contributed by atoms with Gasteiger partial charge in [-0.1, -0.05) is 53.9 Å². The van der Waals surface area contributed by atoms with E-state index in [1.165, 1.54) is 14.0 Å². The van der Waals surface area contributed by atoms with Crippen LogP contribution in [0.2, 0.25) is 0 Å². The van der Waals surface area contributed by atoms with Crippen LogP contribution in [0.15, 0.2) is 103 Å². The molecule has 0 bridgehead atoms. The largest absolute Gasteiger partial charge is 0.497 e. The van der Waals surface area contributed by atoms with Crippen LogP contribution in [0.4, 0.5) is 5.69 Å². The van der Waals surface area contributed by atoms with E-state index in [0.717, 1.165) is 27.1 Å². The Morgan fingerprint density at radius 3 is 2.04 bits per heavy atom. The number of anilines is 1. The zero-order valence-corrected chi connectivity index (χ0v) is 17.5. The predicted molar refractivity (Wildman–Crippen MR) is 121 cm³/mol. The minimum Gasteiger partial charge on any atom is -0.497 e. The maximum atomic E-state index is 5.29. The standard InChI is InChI=1S/C22H16N2OS3/c1-25-17-13-11-15(12-14-17)20-23-24(16-7-3-2-4-8-16)21(28-20)22-26-18-9-5-6-10-19(18)27-22/h2-14H,1H3. The minimum absolute atomic E-state index is 0.850. The SMILES string of the molecule is COc1ccc(C2=NN(c3ccccc3)C(=C3Sc4ccccc4S3)S2)cc1. The van der Waals surface area contributed by atoms with Crippen LogP contribution in [0, 0.1) is 0 Å². The van der Waals surface area contributed by atoms with Crippen LogP contribution >= 0.6 is 35.3 Å². The molecular formula is C22H16N2OS3. The van der Waals surface area contributed by atoms with E-state index in [1.807, 2.05) is 53.9 Å². The van der Waals surface area contributed by atoms with Gasteiger partial charge in [0.1, 0.15) is 15.8 Å². The maximum Gasteiger partial charge on any atom is 0.131 e. The molecule has 138 valence electrons. The summed E-state index contributed by atoms with van der Waals surface area (Å²) in [6, 6.07) is 26.9. The average Bonchev–Trinajstić information content (AvgIpc) is 3.39. The fourth-order valence-corrected chi connectivity index (χ4v) is 6.65. The lowest BCUT2D eigenvalue weighted by Crippen LogP contribution is -2.09. The summed E-state index contributed by atoms with van der Waals surface area (Å²) in [6.45, 7) is 0. The number of hydrazone groups is 1. The zero-order valence-electron chi connectivity index (χ0n) is 15.0. The van der Waals surface area contributed by atoms with Crippen molar-refractivity contribution in [1.29, 1.82) is 0 Å². The summed E-state index contributed by atoms with van der Waals surface area (Å²) in [7, 11) is 1.68. The van der Waals surface area contributed by atoms with Crippen molar-refractivity contribution in [2.75, 3.05) is 12.1 Å². The Balaban J connectivity index is 1.55. The highest BCUT2D eigenvalue weighted by Gasteiger charge is 2.31. The van der Waals surface area contributed by atoms with Crippen LogP contribution in [0.1, 0.15) is 5.56 Å². The normalized spacial score (nSPS) is 15.6. The number of ether oxygens (including phenoxy) is 1. The molecule has 0 spiro atoms. The molecule has 28 heavy (non-hydrogen) atoms. The molecule has 6 heteroatoms. The molecule has 0 radical (unpaired) electrons. The molecule has 0 fully saturated rings. The number of nitrogens with zero attached hydrogens (tertiary/aromatic N) is 2. The van der Waals surface area contributed by atoms with Gasteiger partial charge < -0.3 is 4.74 Å². The molecular weight excluding hydrogens is 404 g/mol. The van der Waals surface area contributed by atoms with Gasteiger partial charge in [0, 0.05) is 15.4 Å². The zero-order chi connectivity index (χ0) is 18.9. The summed E-state index contributed by atoms with van der Waals surface area (Å²) >= 11 is 5.36. The van der Waals surface area contributed by atoms with E-state index in [-0.39, 0.29) is 0 Å². The quantitative estimate of drug-likeness (QED) is 0.473. The fourth-order valence-electron chi connectivity index (χ4n) is 2.94. The Bertz CT molecular complexity index is 1050. The third-order valence-electron chi connectivity index (χ3n) is 4.34. The Kier molecular flexibility index (Phi) is 4.84. The van der Waals surface area contributed by atoms with Gasteiger partial charge in [0.15, 0.2) is 0 Å². The summed E-state index contributed by atoms with van der Waals surface area (Å²) < 4.78 is 6.55. The Morgan fingerprint density at radius 1 is 0.750 bits per heavy atom. The predicted octanol–water partition coefficient (Wildman–Crippen LogP) is 6.63. The number of hydrogen-bond acceptors (Lipinski definition) is 6. The van der Waals surface area contributed by atoms with Gasteiger partial charge >= 0.3 is 0 Å². The van der Waals surface area contributed by atoms with Crippen LogP contribution in [-0.4, -0.2) is 12.2 Å². The number of rotatable bonds is 3. The Labute approximate surface area is 176 Å². The van der Waals surface area contributed by atoms with Gasteiger partial charge in [0.25, 0.3) is 0 Å². The van der Waals surface area contributed by atoms with Gasteiger partial charge in [-0.3, -0.25) is 0 Å². The summed E-state index contributed by atoms with van der Waals surface area (Å²) in [6.07, 6.45) is 0. The van der Waals surface area contributed by atoms with Crippen molar-refractivity contribution < 1.29 is 4.74 Å². The van der Waals surface area contributed by atoms with Crippen LogP contribution in [0.25, 0.3) is 0 Å². The number of methoxy groups -OCH3 is 1. The Hall–Kier alpha value is -2.28. The van der Waals surface area contributed by atoms with Gasteiger partial charge in [0.05, 0.1) is 17.0 Å². The molecule has 0 unspecified atom stereocenters. The Morgan fingerprint density at radius 2 is 1.39 bits per heavy atom. The number of para-hydroxylation sites is 1. The molecule has 0 saturated heterocycles. The molecule has 0 saturated carbocycles. The highest BCUT2D eigenvalue weighted by Crippen LogP contribution is 2.55. The summed E-state index contributed by atoms with van der Waals surface area (Å²) in [5.41, 5.74) is 2.16. The molecule has 2 aliphatic heterocycles. The highest BCUT2D eigenvalue weighted by molar-refractivity contribution is 8.26. The van der Waals surface area contributed by atoms with E-state index >= 15 is 0 Å². The van der Waals surface area contributed by atoms with Gasteiger partial charge in [0.2, 0.25) is 0 Å². The van der Waals surface area contributed by atoms with Crippen molar-refractivity contribution >= 4 is 46.0 Å². The van der Waals surface area contributed by atoms with E-state index in [4.69, 9.17) is 9.84 Å². The number of hydrogen-bond donors (Lipinski definition) is 0.